The van der Waals surface area contributed by atoms with Crippen LogP contribution < -0.4 is 10.1 Å². The van der Waals surface area contributed by atoms with Crippen LogP contribution in [0, 0.1) is 6.92 Å². The van der Waals surface area contributed by atoms with Gasteiger partial charge in [0.15, 0.2) is 0 Å². The van der Waals surface area contributed by atoms with E-state index in [0.717, 1.165) is 31.9 Å². The number of hydrogen-bond donors (Lipinski definition) is 1. The van der Waals surface area contributed by atoms with E-state index >= 15 is 0 Å². The number of rotatable bonds is 5. The van der Waals surface area contributed by atoms with Gasteiger partial charge in [-0.2, -0.15) is 0 Å². The Morgan fingerprint density at radius 3 is 2.57 bits per heavy atom. The van der Waals surface area contributed by atoms with Crippen LogP contribution in [-0.2, 0) is 0 Å². The van der Waals surface area contributed by atoms with E-state index in [-0.39, 0.29) is 6.04 Å². The molecule has 4 heteroatoms. The fourth-order valence-corrected chi connectivity index (χ4v) is 3.10. The van der Waals surface area contributed by atoms with E-state index in [4.69, 9.17) is 16.3 Å². The number of halogens is 2. The van der Waals surface area contributed by atoms with Gasteiger partial charge >= 0.3 is 0 Å². The van der Waals surface area contributed by atoms with Crippen molar-refractivity contribution >= 4 is 27.5 Å². The SMILES string of the molecule is CCOc1ccc(Br)cc1C(NC)c1ccc(C)cc1Cl. The third kappa shape index (κ3) is 3.79. The second kappa shape index (κ2) is 7.30. The maximum absolute atomic E-state index is 6.43. The van der Waals surface area contributed by atoms with Crippen LogP contribution >= 0.6 is 27.5 Å². The van der Waals surface area contributed by atoms with Crippen molar-refractivity contribution in [1.82, 2.24) is 5.32 Å². The predicted octanol–water partition coefficient (Wildman–Crippen LogP) is 5.12. The molecule has 0 aliphatic rings. The van der Waals surface area contributed by atoms with Crippen molar-refractivity contribution in [2.24, 2.45) is 0 Å². The first kappa shape index (κ1) is 16.3. The van der Waals surface area contributed by atoms with Crippen molar-refractivity contribution in [3.05, 3.63) is 62.6 Å². The molecule has 0 bridgehead atoms. The monoisotopic (exact) mass is 367 g/mol. The highest BCUT2D eigenvalue weighted by Crippen LogP contribution is 2.35. The maximum atomic E-state index is 6.43. The van der Waals surface area contributed by atoms with E-state index in [2.05, 4.69) is 39.4 Å². The van der Waals surface area contributed by atoms with Gasteiger partial charge in [0.1, 0.15) is 5.75 Å². The highest BCUT2D eigenvalue weighted by Gasteiger charge is 2.19. The first-order valence-electron chi connectivity index (χ1n) is 6.92. The highest BCUT2D eigenvalue weighted by atomic mass is 79.9. The molecule has 0 heterocycles. The molecule has 2 aromatic rings. The summed E-state index contributed by atoms with van der Waals surface area (Å²) in [4.78, 5) is 0. The number of hydrogen-bond acceptors (Lipinski definition) is 2. The van der Waals surface area contributed by atoms with Crippen molar-refractivity contribution < 1.29 is 4.74 Å². The summed E-state index contributed by atoms with van der Waals surface area (Å²) in [6.45, 7) is 4.65. The molecule has 2 nitrogen and oxygen atoms in total. The van der Waals surface area contributed by atoms with Gasteiger partial charge in [-0.3, -0.25) is 0 Å². The molecule has 0 spiro atoms. The lowest BCUT2D eigenvalue weighted by Gasteiger charge is -2.22. The van der Waals surface area contributed by atoms with Gasteiger partial charge in [-0.1, -0.05) is 39.7 Å². The van der Waals surface area contributed by atoms with Crippen LogP contribution in [0.25, 0.3) is 0 Å². The zero-order valence-electron chi connectivity index (χ0n) is 12.4. The van der Waals surface area contributed by atoms with Crippen LogP contribution in [0.1, 0.15) is 29.7 Å². The Balaban J connectivity index is 2.52. The first-order valence-corrected chi connectivity index (χ1v) is 8.09. The largest absolute Gasteiger partial charge is 0.494 e. The summed E-state index contributed by atoms with van der Waals surface area (Å²) in [5.41, 5.74) is 3.26. The normalized spacial score (nSPS) is 12.2. The standard InChI is InChI=1S/C17H19BrClNO/c1-4-21-16-8-6-12(18)10-14(16)17(20-3)13-7-5-11(2)9-15(13)19/h5-10,17,20H,4H2,1-3H3. The Morgan fingerprint density at radius 2 is 1.95 bits per heavy atom. The smallest absolute Gasteiger partial charge is 0.124 e. The Kier molecular flexibility index (Phi) is 5.68. The Labute approximate surface area is 139 Å². The van der Waals surface area contributed by atoms with Crippen LogP contribution in [0.5, 0.6) is 5.75 Å². The van der Waals surface area contributed by atoms with Crippen LogP contribution in [-0.4, -0.2) is 13.7 Å². The van der Waals surface area contributed by atoms with Crippen molar-refractivity contribution in [3.63, 3.8) is 0 Å². The van der Waals surface area contributed by atoms with E-state index < -0.39 is 0 Å². The lowest BCUT2D eigenvalue weighted by atomic mass is 9.97. The van der Waals surface area contributed by atoms with Crippen LogP contribution in [0.3, 0.4) is 0 Å². The van der Waals surface area contributed by atoms with Crippen molar-refractivity contribution in [3.8, 4) is 5.75 Å². The summed E-state index contributed by atoms with van der Waals surface area (Å²) in [7, 11) is 1.93. The van der Waals surface area contributed by atoms with E-state index in [1.165, 1.54) is 0 Å². The fraction of sp³-hybridized carbons (Fsp3) is 0.294. The minimum atomic E-state index is -0.0165. The molecule has 0 aliphatic carbocycles. The minimum absolute atomic E-state index is 0.0165. The topological polar surface area (TPSA) is 21.3 Å². The van der Waals surface area contributed by atoms with E-state index in [1.54, 1.807) is 0 Å². The molecule has 0 saturated carbocycles. The average Bonchev–Trinajstić information content (AvgIpc) is 2.45. The Bertz CT molecular complexity index is 630. The quantitative estimate of drug-likeness (QED) is 0.791. The van der Waals surface area contributed by atoms with Crippen LogP contribution in [0.4, 0.5) is 0 Å². The summed E-state index contributed by atoms with van der Waals surface area (Å²) in [5.74, 6) is 0.872. The van der Waals surface area contributed by atoms with Crippen LogP contribution in [0.2, 0.25) is 5.02 Å². The minimum Gasteiger partial charge on any atom is -0.494 e. The van der Waals surface area contributed by atoms with Gasteiger partial charge in [0.25, 0.3) is 0 Å². The Morgan fingerprint density at radius 1 is 1.19 bits per heavy atom. The number of ether oxygens (including phenoxy) is 1. The van der Waals surface area contributed by atoms with E-state index in [0.29, 0.717) is 6.61 Å². The second-order valence-corrected chi connectivity index (χ2v) is 6.18. The molecule has 112 valence electrons. The second-order valence-electron chi connectivity index (χ2n) is 4.86. The van der Waals surface area contributed by atoms with Gasteiger partial charge in [-0.25, -0.2) is 0 Å². The summed E-state index contributed by atoms with van der Waals surface area (Å²) < 4.78 is 6.77. The molecule has 0 aromatic heterocycles. The molecule has 1 N–H and O–H groups in total. The van der Waals surface area contributed by atoms with Crippen molar-refractivity contribution in [2.45, 2.75) is 19.9 Å². The molecular weight excluding hydrogens is 350 g/mol. The highest BCUT2D eigenvalue weighted by molar-refractivity contribution is 9.10. The van der Waals surface area contributed by atoms with Crippen molar-refractivity contribution in [2.75, 3.05) is 13.7 Å². The van der Waals surface area contributed by atoms with Gasteiger partial charge < -0.3 is 10.1 Å². The molecule has 1 unspecified atom stereocenters. The predicted molar refractivity (Wildman–Crippen MR) is 92.4 cm³/mol. The Hall–Kier alpha value is -1.03. The zero-order chi connectivity index (χ0) is 15.4. The number of benzene rings is 2. The van der Waals surface area contributed by atoms with Crippen molar-refractivity contribution in [1.29, 1.82) is 0 Å². The number of aryl methyl sites for hydroxylation is 1. The van der Waals surface area contributed by atoms with Crippen LogP contribution in [0.15, 0.2) is 40.9 Å². The van der Waals surface area contributed by atoms with Gasteiger partial charge in [0.2, 0.25) is 0 Å². The first-order chi connectivity index (χ1) is 10.1. The lowest BCUT2D eigenvalue weighted by Crippen LogP contribution is -2.19. The lowest BCUT2D eigenvalue weighted by molar-refractivity contribution is 0.334. The molecule has 0 amide bonds. The average molecular weight is 369 g/mol. The van der Waals surface area contributed by atoms with Gasteiger partial charge in [0.05, 0.1) is 12.6 Å². The summed E-state index contributed by atoms with van der Waals surface area (Å²) >= 11 is 9.96. The fourth-order valence-electron chi connectivity index (χ4n) is 2.38. The molecule has 21 heavy (non-hydrogen) atoms. The molecule has 0 aliphatic heterocycles. The summed E-state index contributed by atoms with van der Waals surface area (Å²) in [6.07, 6.45) is 0. The zero-order valence-corrected chi connectivity index (χ0v) is 14.8. The summed E-state index contributed by atoms with van der Waals surface area (Å²) in [6, 6.07) is 12.1. The number of nitrogens with one attached hydrogen (secondary N) is 1. The van der Waals surface area contributed by atoms with Gasteiger partial charge in [0, 0.05) is 15.1 Å². The third-order valence-corrected chi connectivity index (χ3v) is 4.16. The van der Waals surface area contributed by atoms with E-state index in [9.17, 15) is 0 Å². The molecule has 0 radical (unpaired) electrons. The third-order valence-electron chi connectivity index (χ3n) is 3.34. The summed E-state index contributed by atoms with van der Waals surface area (Å²) in [5, 5.41) is 4.10. The maximum Gasteiger partial charge on any atom is 0.124 e. The van der Waals surface area contributed by atoms with Gasteiger partial charge in [-0.05, 0) is 56.3 Å². The van der Waals surface area contributed by atoms with Gasteiger partial charge in [-0.15, -0.1) is 0 Å². The molecule has 2 rings (SSSR count). The molecule has 2 aromatic carbocycles. The molecule has 0 fully saturated rings. The van der Waals surface area contributed by atoms with E-state index in [1.807, 2.05) is 39.1 Å². The molecule has 1 atom stereocenters. The molecular formula is C17H19BrClNO. The molecule has 0 saturated heterocycles.